The van der Waals surface area contributed by atoms with Crippen LogP contribution in [0.2, 0.25) is 0 Å². The molecule has 2 rings (SSSR count). The number of carbonyl (C=O) groups is 1. The number of halogens is 1. The van der Waals surface area contributed by atoms with Gasteiger partial charge in [0.2, 0.25) is 0 Å². The smallest absolute Gasteiger partial charge is 0.255 e. The molecule has 1 unspecified atom stereocenters. The molecule has 5 nitrogen and oxygen atoms in total. The Labute approximate surface area is 111 Å². The predicted molar refractivity (Wildman–Crippen MR) is 67.6 cm³/mol. The molecule has 1 fully saturated rings. The molecule has 1 saturated heterocycles. The average molecular weight is 268 g/mol. The van der Waals surface area contributed by atoms with Gasteiger partial charge in [-0.1, -0.05) is 0 Å². The Balaban J connectivity index is 1.92. The van der Waals surface area contributed by atoms with E-state index in [0.717, 1.165) is 31.3 Å². The number of phenols is 1. The van der Waals surface area contributed by atoms with Gasteiger partial charge < -0.3 is 20.1 Å². The lowest BCUT2D eigenvalue weighted by Crippen LogP contribution is -2.45. The van der Waals surface area contributed by atoms with Crippen LogP contribution in [0.4, 0.5) is 4.39 Å². The molecule has 1 aromatic rings. The highest BCUT2D eigenvalue weighted by atomic mass is 19.1. The molecule has 0 radical (unpaired) electrons. The van der Waals surface area contributed by atoms with Crippen LogP contribution in [-0.4, -0.2) is 55.3 Å². The molecule has 0 spiro atoms. The van der Waals surface area contributed by atoms with Crippen molar-refractivity contribution in [3.63, 3.8) is 0 Å². The summed E-state index contributed by atoms with van der Waals surface area (Å²) in [5, 5.41) is 12.2. The molecule has 104 valence electrons. The van der Waals surface area contributed by atoms with Gasteiger partial charge in [-0.15, -0.1) is 0 Å². The molecular formula is C13H17FN2O3. The molecule has 0 aliphatic carbocycles. The fourth-order valence-corrected chi connectivity index (χ4v) is 1.98. The van der Waals surface area contributed by atoms with Gasteiger partial charge in [0.15, 0.2) is 0 Å². The monoisotopic (exact) mass is 268 g/mol. The van der Waals surface area contributed by atoms with Gasteiger partial charge >= 0.3 is 0 Å². The van der Waals surface area contributed by atoms with E-state index < -0.39 is 11.7 Å². The summed E-state index contributed by atoms with van der Waals surface area (Å²) in [5.74, 6) is -1.30. The van der Waals surface area contributed by atoms with Crippen LogP contribution in [0.1, 0.15) is 10.4 Å². The minimum absolute atomic E-state index is 0.0656. The topological polar surface area (TPSA) is 61.8 Å². The van der Waals surface area contributed by atoms with Crippen molar-refractivity contribution in [2.75, 3.05) is 33.3 Å². The zero-order valence-electron chi connectivity index (χ0n) is 10.7. The van der Waals surface area contributed by atoms with Crippen molar-refractivity contribution in [2.45, 2.75) is 6.10 Å². The standard InChI is InChI=1S/C13H17FN2O3/c1-16-4-5-19-10(8-16)7-15-13(18)11-6-9(14)2-3-12(11)17/h2-3,6,10,17H,4-5,7-8H2,1H3,(H,15,18). The minimum atomic E-state index is -0.559. The third-order valence-corrected chi connectivity index (χ3v) is 3.04. The number of amides is 1. The summed E-state index contributed by atoms with van der Waals surface area (Å²) in [6, 6.07) is 3.28. The highest BCUT2D eigenvalue weighted by molar-refractivity contribution is 5.96. The zero-order valence-corrected chi connectivity index (χ0v) is 10.7. The number of nitrogens with zero attached hydrogens (tertiary/aromatic N) is 1. The Morgan fingerprint density at radius 2 is 2.42 bits per heavy atom. The lowest BCUT2D eigenvalue weighted by molar-refractivity contribution is -0.0175. The van der Waals surface area contributed by atoms with Gasteiger partial charge in [-0.2, -0.15) is 0 Å². The number of hydrogen-bond acceptors (Lipinski definition) is 4. The second-order valence-corrected chi connectivity index (χ2v) is 4.63. The molecule has 1 aromatic carbocycles. The van der Waals surface area contributed by atoms with Gasteiger partial charge in [-0.25, -0.2) is 4.39 Å². The molecule has 1 aliphatic rings. The van der Waals surface area contributed by atoms with E-state index in [9.17, 15) is 14.3 Å². The average Bonchev–Trinajstić information content (AvgIpc) is 2.39. The number of morpholine rings is 1. The van der Waals surface area contributed by atoms with Crippen molar-refractivity contribution < 1.29 is 19.0 Å². The van der Waals surface area contributed by atoms with E-state index in [-0.39, 0.29) is 17.4 Å². The van der Waals surface area contributed by atoms with Crippen LogP contribution in [0.25, 0.3) is 0 Å². The van der Waals surface area contributed by atoms with Crippen LogP contribution in [0.5, 0.6) is 5.75 Å². The van der Waals surface area contributed by atoms with Crippen molar-refractivity contribution in [2.24, 2.45) is 0 Å². The first-order chi connectivity index (χ1) is 9.06. The maximum Gasteiger partial charge on any atom is 0.255 e. The number of nitrogens with one attached hydrogen (secondary N) is 1. The van der Waals surface area contributed by atoms with Gasteiger partial charge in [0.1, 0.15) is 11.6 Å². The summed E-state index contributed by atoms with van der Waals surface area (Å²) in [6.07, 6.45) is -0.0848. The Morgan fingerprint density at radius 1 is 1.63 bits per heavy atom. The third-order valence-electron chi connectivity index (χ3n) is 3.04. The van der Waals surface area contributed by atoms with Gasteiger partial charge in [0.25, 0.3) is 5.91 Å². The first-order valence-corrected chi connectivity index (χ1v) is 6.13. The van der Waals surface area contributed by atoms with Gasteiger partial charge in [0, 0.05) is 19.6 Å². The molecule has 1 atom stereocenters. The molecular weight excluding hydrogens is 251 g/mol. The van der Waals surface area contributed by atoms with Crippen LogP contribution in [0.3, 0.4) is 0 Å². The van der Waals surface area contributed by atoms with Crippen LogP contribution in [0, 0.1) is 5.82 Å². The molecule has 1 amide bonds. The molecule has 0 aromatic heterocycles. The molecule has 6 heteroatoms. The molecule has 19 heavy (non-hydrogen) atoms. The van der Waals surface area contributed by atoms with Crippen molar-refractivity contribution in [3.05, 3.63) is 29.6 Å². The summed E-state index contributed by atoms with van der Waals surface area (Å²) in [7, 11) is 1.98. The SMILES string of the molecule is CN1CCOC(CNC(=O)c2cc(F)ccc2O)C1. The highest BCUT2D eigenvalue weighted by Crippen LogP contribution is 2.17. The number of rotatable bonds is 3. The maximum absolute atomic E-state index is 13.0. The fourth-order valence-electron chi connectivity index (χ4n) is 1.98. The van der Waals surface area contributed by atoms with Gasteiger partial charge in [-0.05, 0) is 25.2 Å². The quantitative estimate of drug-likeness (QED) is 0.842. The van der Waals surface area contributed by atoms with E-state index in [1.54, 1.807) is 0 Å². The zero-order chi connectivity index (χ0) is 13.8. The van der Waals surface area contributed by atoms with E-state index >= 15 is 0 Å². The largest absolute Gasteiger partial charge is 0.507 e. The van der Waals surface area contributed by atoms with Gasteiger partial charge in [-0.3, -0.25) is 4.79 Å². The van der Waals surface area contributed by atoms with E-state index in [0.29, 0.717) is 13.2 Å². The number of hydrogen-bond donors (Lipinski definition) is 2. The Hall–Kier alpha value is -1.66. The second-order valence-electron chi connectivity index (χ2n) is 4.63. The van der Waals surface area contributed by atoms with Crippen LogP contribution in [0.15, 0.2) is 18.2 Å². The number of ether oxygens (including phenoxy) is 1. The van der Waals surface area contributed by atoms with Crippen LogP contribution < -0.4 is 5.32 Å². The summed E-state index contributed by atoms with van der Waals surface area (Å²) < 4.78 is 18.5. The summed E-state index contributed by atoms with van der Waals surface area (Å²) in [4.78, 5) is 13.9. The summed E-state index contributed by atoms with van der Waals surface area (Å²) >= 11 is 0. The molecule has 0 saturated carbocycles. The summed E-state index contributed by atoms with van der Waals surface area (Å²) in [6.45, 7) is 2.56. The first-order valence-electron chi connectivity index (χ1n) is 6.13. The Kier molecular flexibility index (Phi) is 4.34. The van der Waals surface area contributed by atoms with E-state index in [4.69, 9.17) is 4.74 Å². The first kappa shape index (κ1) is 13.8. The normalized spacial score (nSPS) is 20.2. The van der Waals surface area contributed by atoms with Gasteiger partial charge in [0.05, 0.1) is 18.3 Å². The Morgan fingerprint density at radius 3 is 3.16 bits per heavy atom. The number of benzene rings is 1. The number of likely N-dealkylation sites (N-methyl/N-ethyl adjacent to an activating group) is 1. The van der Waals surface area contributed by atoms with Crippen molar-refractivity contribution >= 4 is 5.91 Å². The van der Waals surface area contributed by atoms with Crippen molar-refractivity contribution in [1.82, 2.24) is 10.2 Å². The van der Waals surface area contributed by atoms with Crippen LogP contribution in [-0.2, 0) is 4.74 Å². The molecule has 0 bridgehead atoms. The van der Waals surface area contributed by atoms with E-state index in [2.05, 4.69) is 10.2 Å². The Bertz CT molecular complexity index is 467. The highest BCUT2D eigenvalue weighted by Gasteiger charge is 2.19. The third kappa shape index (κ3) is 3.65. The number of carbonyl (C=O) groups excluding carboxylic acids is 1. The molecule has 2 N–H and O–H groups in total. The molecule has 1 aliphatic heterocycles. The van der Waals surface area contributed by atoms with E-state index in [1.165, 1.54) is 0 Å². The van der Waals surface area contributed by atoms with Crippen LogP contribution >= 0.6 is 0 Å². The molecule has 1 heterocycles. The summed E-state index contributed by atoms with van der Waals surface area (Å²) in [5.41, 5.74) is -0.0656. The minimum Gasteiger partial charge on any atom is -0.507 e. The number of aromatic hydroxyl groups is 1. The predicted octanol–water partition coefficient (Wildman–Crippen LogP) is 0.592. The lowest BCUT2D eigenvalue weighted by atomic mass is 10.1. The van der Waals surface area contributed by atoms with Crippen molar-refractivity contribution in [1.29, 1.82) is 0 Å². The number of phenolic OH excluding ortho intramolecular Hbond substituents is 1. The van der Waals surface area contributed by atoms with E-state index in [1.807, 2.05) is 7.05 Å². The van der Waals surface area contributed by atoms with Crippen molar-refractivity contribution in [3.8, 4) is 5.75 Å². The second kappa shape index (κ2) is 5.99. The lowest BCUT2D eigenvalue weighted by Gasteiger charge is -2.30. The fraction of sp³-hybridized carbons (Fsp3) is 0.462. The maximum atomic E-state index is 13.0.